The summed E-state index contributed by atoms with van der Waals surface area (Å²) in [5.41, 5.74) is 0.803. The standard InChI is InChI=1S/C20H30N2O3/c1-19(2,3)25-18(24)22-10-9-20(15-22)14-21(12-17(20)13-23)11-16-7-5-4-6-8-16/h4-8,17,23H,9-15H2,1-3H3/t17?,20-/m0/s1. The Hall–Kier alpha value is -1.59. The predicted molar refractivity (Wildman–Crippen MR) is 97.2 cm³/mol. The molecular weight excluding hydrogens is 316 g/mol. The molecule has 2 saturated heterocycles. The Morgan fingerprint density at radius 1 is 1.28 bits per heavy atom. The molecule has 0 bridgehead atoms. The fraction of sp³-hybridized carbons (Fsp3) is 0.650. The Balaban J connectivity index is 1.65. The van der Waals surface area contributed by atoms with Gasteiger partial charge in [0.05, 0.1) is 0 Å². The minimum Gasteiger partial charge on any atom is -0.444 e. The van der Waals surface area contributed by atoms with Crippen molar-refractivity contribution in [1.29, 1.82) is 0 Å². The van der Waals surface area contributed by atoms with Gasteiger partial charge in [-0.25, -0.2) is 4.79 Å². The van der Waals surface area contributed by atoms with Gasteiger partial charge in [-0.1, -0.05) is 30.3 Å². The second-order valence-corrected chi connectivity index (χ2v) is 8.55. The second kappa shape index (κ2) is 6.96. The summed E-state index contributed by atoms with van der Waals surface area (Å²) < 4.78 is 5.53. The van der Waals surface area contributed by atoms with Crippen LogP contribution in [-0.2, 0) is 11.3 Å². The van der Waals surface area contributed by atoms with Gasteiger partial charge in [-0.3, -0.25) is 4.90 Å². The summed E-state index contributed by atoms with van der Waals surface area (Å²) in [6.07, 6.45) is 0.700. The molecule has 1 aromatic rings. The van der Waals surface area contributed by atoms with Crippen LogP contribution >= 0.6 is 0 Å². The molecule has 5 heteroatoms. The first kappa shape index (κ1) is 18.2. The van der Waals surface area contributed by atoms with Crippen molar-refractivity contribution in [3.8, 4) is 0 Å². The van der Waals surface area contributed by atoms with Gasteiger partial charge in [0, 0.05) is 50.7 Å². The Kier molecular flexibility index (Phi) is 5.07. The number of nitrogens with zero attached hydrogens (tertiary/aromatic N) is 2. The molecule has 1 unspecified atom stereocenters. The number of aliphatic hydroxyl groups is 1. The first-order valence-electron chi connectivity index (χ1n) is 9.16. The van der Waals surface area contributed by atoms with Crippen molar-refractivity contribution >= 4 is 6.09 Å². The van der Waals surface area contributed by atoms with Gasteiger partial charge in [0.25, 0.3) is 0 Å². The molecule has 2 atom stereocenters. The van der Waals surface area contributed by atoms with Crippen LogP contribution in [0.2, 0.25) is 0 Å². The van der Waals surface area contributed by atoms with Crippen LogP contribution in [0.25, 0.3) is 0 Å². The summed E-state index contributed by atoms with van der Waals surface area (Å²) in [7, 11) is 0. The number of hydrogen-bond donors (Lipinski definition) is 1. The lowest BCUT2D eigenvalue weighted by atomic mass is 9.78. The zero-order valence-electron chi connectivity index (χ0n) is 15.6. The molecule has 3 rings (SSSR count). The molecule has 25 heavy (non-hydrogen) atoms. The monoisotopic (exact) mass is 346 g/mol. The lowest BCUT2D eigenvalue weighted by Crippen LogP contribution is -2.40. The highest BCUT2D eigenvalue weighted by Gasteiger charge is 2.51. The number of carbonyl (C=O) groups excluding carboxylic acids is 1. The lowest BCUT2D eigenvalue weighted by molar-refractivity contribution is 0.0256. The second-order valence-electron chi connectivity index (χ2n) is 8.55. The lowest BCUT2D eigenvalue weighted by Gasteiger charge is -2.30. The molecule has 1 aromatic carbocycles. The number of aliphatic hydroxyl groups excluding tert-OH is 1. The van der Waals surface area contributed by atoms with Gasteiger partial charge in [-0.2, -0.15) is 0 Å². The van der Waals surface area contributed by atoms with E-state index in [2.05, 4.69) is 29.2 Å². The van der Waals surface area contributed by atoms with Crippen molar-refractivity contribution in [3.05, 3.63) is 35.9 Å². The molecule has 138 valence electrons. The zero-order valence-corrected chi connectivity index (χ0v) is 15.6. The minimum absolute atomic E-state index is 0.0135. The van der Waals surface area contributed by atoms with Crippen LogP contribution in [-0.4, -0.2) is 59.4 Å². The van der Waals surface area contributed by atoms with Gasteiger partial charge < -0.3 is 14.7 Å². The SMILES string of the molecule is CC(C)(C)OC(=O)N1CC[C@]2(CN(Cc3ccccc3)CC2CO)C1. The van der Waals surface area contributed by atoms with E-state index < -0.39 is 5.60 Å². The van der Waals surface area contributed by atoms with E-state index in [-0.39, 0.29) is 24.0 Å². The average molecular weight is 346 g/mol. The number of likely N-dealkylation sites (tertiary alicyclic amines) is 2. The number of hydrogen-bond acceptors (Lipinski definition) is 4. The zero-order chi connectivity index (χ0) is 18.1. The van der Waals surface area contributed by atoms with E-state index in [1.54, 1.807) is 0 Å². The van der Waals surface area contributed by atoms with E-state index >= 15 is 0 Å². The number of rotatable bonds is 3. The maximum absolute atomic E-state index is 12.4. The van der Waals surface area contributed by atoms with E-state index in [9.17, 15) is 9.90 Å². The van der Waals surface area contributed by atoms with Crippen molar-refractivity contribution in [2.45, 2.75) is 39.3 Å². The third kappa shape index (κ3) is 4.15. The normalized spacial score (nSPS) is 27.2. The van der Waals surface area contributed by atoms with Crippen LogP contribution in [0.4, 0.5) is 4.79 Å². The Morgan fingerprint density at radius 2 is 2.00 bits per heavy atom. The molecule has 2 fully saturated rings. The van der Waals surface area contributed by atoms with Crippen molar-refractivity contribution in [2.75, 3.05) is 32.8 Å². The summed E-state index contributed by atoms with van der Waals surface area (Å²) in [5.74, 6) is 0.212. The van der Waals surface area contributed by atoms with Gasteiger partial charge in [0.2, 0.25) is 0 Å². The molecule has 2 aliphatic rings. The highest BCUT2D eigenvalue weighted by Crippen LogP contribution is 2.44. The van der Waals surface area contributed by atoms with Crippen LogP contribution in [0.15, 0.2) is 30.3 Å². The molecular formula is C20H30N2O3. The fourth-order valence-corrected chi connectivity index (χ4v) is 4.20. The molecule has 1 N–H and O–H groups in total. The summed E-state index contributed by atoms with van der Waals surface area (Å²) in [6, 6.07) is 10.4. The summed E-state index contributed by atoms with van der Waals surface area (Å²) in [5, 5.41) is 9.93. The molecule has 1 amide bonds. The molecule has 0 aromatic heterocycles. The molecule has 2 aliphatic heterocycles. The van der Waals surface area contributed by atoms with Gasteiger partial charge >= 0.3 is 6.09 Å². The average Bonchev–Trinajstić information content (AvgIpc) is 3.11. The van der Waals surface area contributed by atoms with Gasteiger partial charge in [0.15, 0.2) is 0 Å². The summed E-state index contributed by atoms with van der Waals surface area (Å²) in [4.78, 5) is 16.6. The molecule has 2 heterocycles. The third-order valence-electron chi connectivity index (χ3n) is 5.39. The van der Waals surface area contributed by atoms with Gasteiger partial charge in [-0.15, -0.1) is 0 Å². The van der Waals surface area contributed by atoms with E-state index in [0.717, 1.165) is 26.1 Å². The van der Waals surface area contributed by atoms with Crippen molar-refractivity contribution in [3.63, 3.8) is 0 Å². The summed E-state index contributed by atoms with van der Waals surface area (Å²) >= 11 is 0. The number of amides is 1. The highest BCUT2D eigenvalue weighted by atomic mass is 16.6. The van der Waals surface area contributed by atoms with Crippen molar-refractivity contribution in [2.24, 2.45) is 11.3 Å². The van der Waals surface area contributed by atoms with E-state index in [4.69, 9.17) is 4.74 Å². The van der Waals surface area contributed by atoms with Crippen LogP contribution in [0.3, 0.4) is 0 Å². The maximum atomic E-state index is 12.4. The highest BCUT2D eigenvalue weighted by molar-refractivity contribution is 5.68. The largest absolute Gasteiger partial charge is 0.444 e. The molecule has 0 radical (unpaired) electrons. The van der Waals surface area contributed by atoms with Crippen molar-refractivity contribution in [1.82, 2.24) is 9.80 Å². The third-order valence-corrected chi connectivity index (χ3v) is 5.39. The van der Waals surface area contributed by atoms with E-state index in [0.29, 0.717) is 13.1 Å². The maximum Gasteiger partial charge on any atom is 0.410 e. The molecule has 5 nitrogen and oxygen atoms in total. The fourth-order valence-electron chi connectivity index (χ4n) is 4.20. The molecule has 0 aliphatic carbocycles. The topological polar surface area (TPSA) is 53.0 Å². The Labute approximate surface area is 150 Å². The molecule has 1 spiro atoms. The van der Waals surface area contributed by atoms with Gasteiger partial charge in [-0.05, 0) is 32.8 Å². The van der Waals surface area contributed by atoms with Crippen LogP contribution in [0, 0.1) is 11.3 Å². The summed E-state index contributed by atoms with van der Waals surface area (Å²) in [6.45, 7) is 9.95. The first-order chi connectivity index (χ1) is 11.8. The van der Waals surface area contributed by atoms with Crippen LogP contribution in [0.5, 0.6) is 0 Å². The van der Waals surface area contributed by atoms with E-state index in [1.807, 2.05) is 31.7 Å². The first-order valence-corrected chi connectivity index (χ1v) is 9.16. The number of ether oxygens (including phenoxy) is 1. The van der Waals surface area contributed by atoms with Crippen LogP contribution < -0.4 is 0 Å². The number of carbonyl (C=O) groups is 1. The van der Waals surface area contributed by atoms with Gasteiger partial charge in [0.1, 0.15) is 5.60 Å². The predicted octanol–water partition coefficient (Wildman–Crippen LogP) is 2.74. The van der Waals surface area contributed by atoms with Crippen molar-refractivity contribution < 1.29 is 14.6 Å². The smallest absolute Gasteiger partial charge is 0.410 e. The Bertz CT molecular complexity index is 599. The quantitative estimate of drug-likeness (QED) is 0.914. The number of benzene rings is 1. The Morgan fingerprint density at radius 3 is 2.64 bits per heavy atom. The van der Waals surface area contributed by atoms with Crippen LogP contribution in [0.1, 0.15) is 32.8 Å². The molecule has 0 saturated carbocycles. The minimum atomic E-state index is -0.474. The van der Waals surface area contributed by atoms with E-state index in [1.165, 1.54) is 5.56 Å².